The van der Waals surface area contributed by atoms with Gasteiger partial charge in [0.25, 0.3) is 15.9 Å². The molecular weight excluding hydrogens is 376 g/mol. The lowest BCUT2D eigenvalue weighted by atomic mass is 10.1. The van der Waals surface area contributed by atoms with Gasteiger partial charge < -0.3 is 5.32 Å². The molecule has 7 nitrogen and oxygen atoms in total. The van der Waals surface area contributed by atoms with Crippen molar-refractivity contribution in [3.05, 3.63) is 89.7 Å². The van der Waals surface area contributed by atoms with E-state index in [0.717, 1.165) is 10.7 Å². The van der Waals surface area contributed by atoms with Gasteiger partial charge in [0.1, 0.15) is 0 Å². The summed E-state index contributed by atoms with van der Waals surface area (Å²) in [5.41, 5.74) is 2.29. The summed E-state index contributed by atoms with van der Waals surface area (Å²) in [6.45, 7) is 1.83. The molecule has 0 saturated heterocycles. The van der Waals surface area contributed by atoms with Gasteiger partial charge in [0.2, 0.25) is 0 Å². The smallest absolute Gasteiger partial charge is 0.273 e. The maximum atomic E-state index is 13.1. The van der Waals surface area contributed by atoms with Crippen molar-refractivity contribution in [3.63, 3.8) is 0 Å². The van der Waals surface area contributed by atoms with Gasteiger partial charge in [0, 0.05) is 11.4 Å². The van der Waals surface area contributed by atoms with Crippen molar-refractivity contribution in [1.29, 1.82) is 0 Å². The molecule has 0 radical (unpaired) electrons. The minimum absolute atomic E-state index is 0.0672. The van der Waals surface area contributed by atoms with Crippen LogP contribution in [0.15, 0.2) is 77.7 Å². The fraction of sp³-hybridized carbons (Fsp3) is 0.100. The Kier molecular flexibility index (Phi) is 4.58. The Morgan fingerprint density at radius 2 is 1.68 bits per heavy atom. The van der Waals surface area contributed by atoms with Crippen molar-refractivity contribution < 1.29 is 13.2 Å². The van der Waals surface area contributed by atoms with Crippen molar-refractivity contribution in [2.24, 2.45) is 0 Å². The first-order valence-corrected chi connectivity index (χ1v) is 10.1. The Balaban J connectivity index is 1.78. The maximum absolute atomic E-state index is 13.1. The Hall–Kier alpha value is -3.23. The zero-order valence-corrected chi connectivity index (χ0v) is 15.8. The summed E-state index contributed by atoms with van der Waals surface area (Å²) in [5.74, 6) is -0.456. The van der Waals surface area contributed by atoms with Crippen LogP contribution in [0.1, 0.15) is 27.9 Å². The lowest BCUT2D eigenvalue weighted by Gasteiger charge is -2.37. The average molecular weight is 394 g/mol. The molecule has 2 aromatic carbocycles. The van der Waals surface area contributed by atoms with Crippen LogP contribution in [0.5, 0.6) is 0 Å². The molecule has 2 N–H and O–H groups in total. The number of aryl methyl sites for hydroxylation is 1. The van der Waals surface area contributed by atoms with E-state index in [1.807, 2.05) is 25.1 Å². The van der Waals surface area contributed by atoms with E-state index in [1.165, 1.54) is 12.1 Å². The fourth-order valence-corrected chi connectivity index (χ4v) is 4.12. The number of anilines is 1. The van der Waals surface area contributed by atoms with Gasteiger partial charge in [-0.25, -0.2) is 13.4 Å². The predicted octanol–water partition coefficient (Wildman–Crippen LogP) is 2.85. The first kappa shape index (κ1) is 18.1. The molecule has 3 aromatic rings. The third-order valence-corrected chi connectivity index (χ3v) is 5.72. The fourth-order valence-electron chi connectivity index (χ4n) is 3.05. The topological polar surface area (TPSA) is 91.4 Å². The quantitative estimate of drug-likeness (QED) is 0.710. The molecule has 1 atom stereocenters. The van der Waals surface area contributed by atoms with E-state index in [0.29, 0.717) is 16.9 Å². The van der Waals surface area contributed by atoms with Crippen LogP contribution < -0.4 is 10.1 Å². The van der Waals surface area contributed by atoms with Gasteiger partial charge in [-0.15, -0.1) is 4.83 Å². The van der Waals surface area contributed by atoms with Crippen molar-refractivity contribution in [2.75, 3.05) is 5.32 Å². The summed E-state index contributed by atoms with van der Waals surface area (Å²) in [7, 11) is -3.96. The number of hydrogen-bond acceptors (Lipinski definition) is 5. The van der Waals surface area contributed by atoms with Gasteiger partial charge in [0.15, 0.2) is 6.17 Å². The van der Waals surface area contributed by atoms with Crippen LogP contribution in [0.25, 0.3) is 0 Å². The molecule has 0 saturated carbocycles. The number of fused-ring (bicyclic) bond motifs is 1. The SMILES string of the molecule is Cc1cccc(C2Nc3ccccc3C(=O)N2NS(=O)(=O)c2ccccc2)n1. The number of nitrogens with zero attached hydrogens (tertiary/aromatic N) is 2. The number of hydrazine groups is 1. The van der Waals surface area contributed by atoms with E-state index in [9.17, 15) is 13.2 Å². The minimum Gasteiger partial charge on any atom is -0.358 e. The van der Waals surface area contributed by atoms with Gasteiger partial charge in [-0.3, -0.25) is 9.78 Å². The first-order chi connectivity index (χ1) is 13.5. The van der Waals surface area contributed by atoms with Gasteiger partial charge >= 0.3 is 0 Å². The van der Waals surface area contributed by atoms with Gasteiger partial charge in [-0.05, 0) is 43.3 Å². The number of sulfonamides is 1. The van der Waals surface area contributed by atoms with Crippen molar-refractivity contribution in [1.82, 2.24) is 14.8 Å². The molecule has 1 aliphatic rings. The van der Waals surface area contributed by atoms with Crippen LogP contribution in [0.4, 0.5) is 5.69 Å². The number of rotatable bonds is 4. The largest absolute Gasteiger partial charge is 0.358 e. The molecule has 0 spiro atoms. The highest BCUT2D eigenvalue weighted by Gasteiger charge is 2.36. The highest BCUT2D eigenvalue weighted by atomic mass is 32.2. The van der Waals surface area contributed by atoms with Crippen LogP contribution in [-0.4, -0.2) is 24.3 Å². The van der Waals surface area contributed by atoms with E-state index in [4.69, 9.17) is 0 Å². The number of benzene rings is 2. The summed E-state index contributed by atoms with van der Waals surface area (Å²) in [6, 6.07) is 20.3. The Labute approximate surface area is 163 Å². The monoisotopic (exact) mass is 394 g/mol. The number of amides is 1. The van der Waals surface area contributed by atoms with Gasteiger partial charge in [-0.2, -0.15) is 0 Å². The number of carbonyl (C=O) groups is 1. The first-order valence-electron chi connectivity index (χ1n) is 8.66. The van der Waals surface area contributed by atoms with E-state index in [1.54, 1.807) is 42.5 Å². The summed E-state index contributed by atoms with van der Waals surface area (Å²) in [5, 5.41) is 4.29. The number of aromatic nitrogens is 1. The molecule has 8 heteroatoms. The molecular formula is C20H18N4O3S. The van der Waals surface area contributed by atoms with Gasteiger partial charge in [0.05, 0.1) is 16.2 Å². The lowest BCUT2D eigenvalue weighted by molar-refractivity contribution is 0.0628. The van der Waals surface area contributed by atoms with E-state index in [2.05, 4.69) is 15.1 Å². The molecule has 4 rings (SSSR count). The van der Waals surface area contributed by atoms with Gasteiger partial charge in [-0.1, -0.05) is 36.4 Å². The predicted molar refractivity (Wildman–Crippen MR) is 105 cm³/mol. The van der Waals surface area contributed by atoms with Crippen LogP contribution in [0.3, 0.4) is 0 Å². The normalized spacial score (nSPS) is 16.4. The number of nitrogens with one attached hydrogen (secondary N) is 2. The number of pyridine rings is 1. The molecule has 0 fully saturated rings. The molecule has 1 aromatic heterocycles. The zero-order chi connectivity index (χ0) is 19.7. The molecule has 142 valence electrons. The minimum atomic E-state index is -3.96. The molecule has 2 heterocycles. The van der Waals surface area contributed by atoms with E-state index >= 15 is 0 Å². The van der Waals surface area contributed by atoms with E-state index in [-0.39, 0.29) is 4.90 Å². The molecule has 1 amide bonds. The zero-order valence-electron chi connectivity index (χ0n) is 15.0. The Morgan fingerprint density at radius 1 is 0.964 bits per heavy atom. The summed E-state index contributed by atoms with van der Waals surface area (Å²) in [4.78, 5) is 20.1. The van der Waals surface area contributed by atoms with Crippen molar-refractivity contribution in [2.45, 2.75) is 18.0 Å². The lowest BCUT2D eigenvalue weighted by Crippen LogP contribution is -2.52. The van der Waals surface area contributed by atoms with Crippen LogP contribution in [0, 0.1) is 6.92 Å². The van der Waals surface area contributed by atoms with Crippen molar-refractivity contribution in [3.8, 4) is 0 Å². The molecule has 1 aliphatic heterocycles. The molecule has 28 heavy (non-hydrogen) atoms. The second-order valence-corrected chi connectivity index (χ2v) is 8.04. The number of para-hydroxylation sites is 1. The number of hydrogen-bond donors (Lipinski definition) is 2. The second-order valence-electron chi connectivity index (χ2n) is 6.38. The molecule has 0 aliphatic carbocycles. The summed E-state index contributed by atoms with van der Waals surface area (Å²) in [6.07, 6.45) is -0.791. The highest BCUT2D eigenvalue weighted by molar-refractivity contribution is 7.89. The summed E-state index contributed by atoms with van der Waals surface area (Å²) >= 11 is 0. The number of carbonyl (C=O) groups excluding carboxylic acids is 1. The standard InChI is InChI=1S/C20H18N4O3S/c1-14-8-7-13-18(21-14)19-22-17-12-6-5-11-16(17)20(25)24(19)23-28(26,27)15-9-3-2-4-10-15/h2-13,19,22-23H,1H3. The highest BCUT2D eigenvalue weighted by Crippen LogP contribution is 2.31. The Morgan fingerprint density at radius 3 is 2.43 bits per heavy atom. The molecule has 0 bridgehead atoms. The third kappa shape index (κ3) is 3.35. The van der Waals surface area contributed by atoms with Crippen LogP contribution in [0.2, 0.25) is 0 Å². The van der Waals surface area contributed by atoms with E-state index < -0.39 is 22.1 Å². The van der Waals surface area contributed by atoms with Crippen LogP contribution >= 0.6 is 0 Å². The average Bonchev–Trinajstić information content (AvgIpc) is 2.70. The van der Waals surface area contributed by atoms with Crippen molar-refractivity contribution >= 4 is 21.6 Å². The summed E-state index contributed by atoms with van der Waals surface area (Å²) < 4.78 is 25.7. The van der Waals surface area contributed by atoms with Crippen LogP contribution in [-0.2, 0) is 10.0 Å². The molecule has 1 unspecified atom stereocenters. The maximum Gasteiger partial charge on any atom is 0.273 e. The Bertz CT molecular complexity index is 1130. The third-order valence-electron chi connectivity index (χ3n) is 4.39. The second kappa shape index (κ2) is 7.06.